The number of nitrogens with zero attached hydrogens (tertiary/aromatic N) is 4. The Labute approximate surface area is 185 Å². The molecule has 0 amide bonds. The summed E-state index contributed by atoms with van der Waals surface area (Å²) in [7, 11) is 2.24. The summed E-state index contributed by atoms with van der Waals surface area (Å²) in [5, 5.41) is 0. The predicted octanol–water partition coefficient (Wildman–Crippen LogP) is 3.54. The van der Waals surface area contributed by atoms with Gasteiger partial charge in [-0.1, -0.05) is 38.8 Å². The number of ether oxygens (including phenoxy) is 1. The van der Waals surface area contributed by atoms with E-state index in [1.165, 1.54) is 56.7 Å². The minimum absolute atomic E-state index is 0.395. The molecule has 0 bridgehead atoms. The zero-order valence-electron chi connectivity index (χ0n) is 19.7. The van der Waals surface area contributed by atoms with Crippen LogP contribution in [-0.4, -0.2) is 93.4 Å². The highest BCUT2D eigenvalue weighted by Gasteiger charge is 2.20. The van der Waals surface area contributed by atoms with Crippen molar-refractivity contribution >= 4 is 5.69 Å². The average Bonchev–Trinajstić information content (AvgIpc) is 2.79. The van der Waals surface area contributed by atoms with Gasteiger partial charge in [0.05, 0.1) is 12.7 Å². The maximum atomic E-state index is 6.04. The van der Waals surface area contributed by atoms with Gasteiger partial charge in [0, 0.05) is 58.0 Å². The lowest BCUT2D eigenvalue weighted by molar-refractivity contribution is -0.0354. The Kier molecular flexibility index (Phi) is 9.92. The summed E-state index contributed by atoms with van der Waals surface area (Å²) in [6.45, 7) is 16.8. The molecule has 5 heteroatoms. The first-order valence-corrected chi connectivity index (χ1v) is 12.3. The Hall–Kier alpha value is -1.14. The number of hydrogen-bond donors (Lipinski definition) is 0. The van der Waals surface area contributed by atoms with Gasteiger partial charge in [-0.25, -0.2) is 0 Å². The van der Waals surface area contributed by atoms with Crippen molar-refractivity contribution in [1.29, 1.82) is 0 Å². The number of morpholine rings is 1. The van der Waals surface area contributed by atoms with E-state index in [0.717, 1.165) is 52.3 Å². The van der Waals surface area contributed by atoms with Crippen molar-refractivity contribution in [2.45, 2.75) is 52.2 Å². The third-order valence-corrected chi connectivity index (χ3v) is 6.71. The van der Waals surface area contributed by atoms with E-state index in [1.54, 1.807) is 0 Å². The molecule has 1 atom stereocenters. The molecule has 2 saturated heterocycles. The van der Waals surface area contributed by atoms with Gasteiger partial charge in [0.25, 0.3) is 0 Å². The Bertz CT molecular complexity index is 585. The summed E-state index contributed by atoms with van der Waals surface area (Å²) < 4.78 is 6.04. The van der Waals surface area contributed by atoms with Gasteiger partial charge in [0.15, 0.2) is 0 Å². The quantitative estimate of drug-likeness (QED) is 0.513. The van der Waals surface area contributed by atoms with Crippen LogP contribution in [-0.2, 0) is 11.3 Å². The molecule has 2 aliphatic heterocycles. The van der Waals surface area contributed by atoms with E-state index in [4.69, 9.17) is 4.74 Å². The first-order valence-electron chi connectivity index (χ1n) is 12.3. The molecule has 0 spiro atoms. The monoisotopic (exact) mass is 416 g/mol. The Morgan fingerprint density at radius 2 is 1.73 bits per heavy atom. The molecule has 5 nitrogen and oxygen atoms in total. The van der Waals surface area contributed by atoms with Crippen LogP contribution >= 0.6 is 0 Å². The van der Waals surface area contributed by atoms with E-state index in [2.05, 4.69) is 64.8 Å². The van der Waals surface area contributed by atoms with Crippen LogP contribution < -0.4 is 4.90 Å². The van der Waals surface area contributed by atoms with Crippen LogP contribution in [0.2, 0.25) is 0 Å². The lowest BCUT2D eigenvalue weighted by Gasteiger charge is -2.35. The molecule has 170 valence electrons. The van der Waals surface area contributed by atoms with Gasteiger partial charge in [-0.15, -0.1) is 0 Å². The van der Waals surface area contributed by atoms with Gasteiger partial charge in [-0.3, -0.25) is 4.90 Å². The number of anilines is 1. The van der Waals surface area contributed by atoms with Crippen molar-refractivity contribution in [2.24, 2.45) is 0 Å². The first-order chi connectivity index (χ1) is 14.7. The maximum Gasteiger partial charge on any atom is 0.0714 e. The Morgan fingerprint density at radius 3 is 2.43 bits per heavy atom. The summed E-state index contributed by atoms with van der Waals surface area (Å²) in [5.74, 6) is 0. The van der Waals surface area contributed by atoms with Crippen molar-refractivity contribution < 1.29 is 4.74 Å². The molecule has 3 rings (SSSR count). The summed E-state index contributed by atoms with van der Waals surface area (Å²) in [4.78, 5) is 10.1. The fourth-order valence-corrected chi connectivity index (χ4v) is 4.63. The van der Waals surface area contributed by atoms with Gasteiger partial charge in [-0.2, -0.15) is 0 Å². The molecule has 0 aromatic heterocycles. The van der Waals surface area contributed by atoms with Gasteiger partial charge >= 0.3 is 0 Å². The van der Waals surface area contributed by atoms with Crippen LogP contribution in [0.4, 0.5) is 5.69 Å². The number of benzene rings is 1. The van der Waals surface area contributed by atoms with E-state index in [9.17, 15) is 0 Å². The Balaban J connectivity index is 1.37. The largest absolute Gasteiger partial charge is 0.376 e. The molecule has 0 radical (unpaired) electrons. The third-order valence-electron chi connectivity index (χ3n) is 6.71. The van der Waals surface area contributed by atoms with Crippen molar-refractivity contribution in [3.8, 4) is 0 Å². The zero-order valence-corrected chi connectivity index (χ0v) is 19.7. The van der Waals surface area contributed by atoms with Gasteiger partial charge in [0.2, 0.25) is 0 Å². The highest BCUT2D eigenvalue weighted by Crippen LogP contribution is 2.18. The van der Waals surface area contributed by atoms with Gasteiger partial charge in [-0.05, 0) is 50.7 Å². The average molecular weight is 417 g/mol. The van der Waals surface area contributed by atoms with E-state index in [1.807, 2.05) is 0 Å². The standard InChI is InChI=1S/C25H44N4O/c1-4-6-7-13-28-19-20-30-25(22-28)12-14-26(3)21-23-8-10-24(11-9-23)29-17-15-27(5-2)16-18-29/h8-11,25H,4-7,12-22H2,1-3H3/t25-/m1/s1. The number of hydrogen-bond acceptors (Lipinski definition) is 5. The number of likely N-dealkylation sites (N-methyl/N-ethyl adjacent to an activating group) is 1. The molecule has 0 unspecified atom stereocenters. The van der Waals surface area contributed by atoms with E-state index < -0.39 is 0 Å². The fraction of sp³-hybridized carbons (Fsp3) is 0.760. The van der Waals surface area contributed by atoms with Crippen LogP contribution in [0, 0.1) is 0 Å². The maximum absolute atomic E-state index is 6.04. The van der Waals surface area contributed by atoms with Gasteiger partial charge < -0.3 is 19.4 Å². The van der Waals surface area contributed by atoms with Crippen molar-refractivity contribution in [3.05, 3.63) is 29.8 Å². The van der Waals surface area contributed by atoms with Crippen molar-refractivity contribution in [2.75, 3.05) is 77.5 Å². The molecule has 0 aliphatic carbocycles. The van der Waals surface area contributed by atoms with Crippen molar-refractivity contribution in [3.63, 3.8) is 0 Å². The van der Waals surface area contributed by atoms with Crippen LogP contribution in [0.5, 0.6) is 0 Å². The van der Waals surface area contributed by atoms with E-state index in [-0.39, 0.29) is 0 Å². The molecular weight excluding hydrogens is 372 g/mol. The summed E-state index contributed by atoms with van der Waals surface area (Å²) in [6.07, 6.45) is 5.49. The zero-order chi connectivity index (χ0) is 21.2. The second-order valence-corrected chi connectivity index (χ2v) is 9.11. The SMILES string of the molecule is CCCCCN1CCO[C@H](CCN(C)Cc2ccc(N3CCN(CC)CC3)cc2)C1. The van der Waals surface area contributed by atoms with E-state index >= 15 is 0 Å². The summed E-state index contributed by atoms with van der Waals surface area (Å²) in [5.41, 5.74) is 2.77. The molecule has 1 aromatic carbocycles. The second-order valence-electron chi connectivity index (χ2n) is 9.11. The highest BCUT2D eigenvalue weighted by molar-refractivity contribution is 5.48. The summed E-state index contributed by atoms with van der Waals surface area (Å²) >= 11 is 0. The lowest BCUT2D eigenvalue weighted by Crippen LogP contribution is -2.46. The Morgan fingerprint density at radius 1 is 0.967 bits per heavy atom. The molecule has 2 aliphatic rings. The van der Waals surface area contributed by atoms with Crippen LogP contribution in [0.25, 0.3) is 0 Å². The third kappa shape index (κ3) is 7.52. The fourth-order valence-electron chi connectivity index (χ4n) is 4.63. The van der Waals surface area contributed by atoms with Crippen LogP contribution in [0.15, 0.2) is 24.3 Å². The molecule has 2 fully saturated rings. The minimum atomic E-state index is 0.395. The summed E-state index contributed by atoms with van der Waals surface area (Å²) in [6, 6.07) is 9.24. The van der Waals surface area contributed by atoms with Crippen LogP contribution in [0.1, 0.15) is 45.1 Å². The molecule has 1 aromatic rings. The smallest absolute Gasteiger partial charge is 0.0714 e. The van der Waals surface area contributed by atoms with Crippen molar-refractivity contribution in [1.82, 2.24) is 14.7 Å². The predicted molar refractivity (Wildman–Crippen MR) is 127 cm³/mol. The topological polar surface area (TPSA) is 22.2 Å². The van der Waals surface area contributed by atoms with E-state index in [0.29, 0.717) is 6.10 Å². The second kappa shape index (κ2) is 12.7. The van der Waals surface area contributed by atoms with Gasteiger partial charge in [0.1, 0.15) is 0 Å². The molecular formula is C25H44N4O. The first kappa shape index (κ1) is 23.5. The molecule has 0 saturated carbocycles. The lowest BCUT2D eigenvalue weighted by atomic mass is 10.1. The highest BCUT2D eigenvalue weighted by atomic mass is 16.5. The minimum Gasteiger partial charge on any atom is -0.376 e. The molecule has 2 heterocycles. The number of unbranched alkanes of at least 4 members (excludes halogenated alkanes) is 2. The number of rotatable bonds is 11. The normalized spacial score (nSPS) is 21.5. The molecule has 0 N–H and O–H groups in total. The van der Waals surface area contributed by atoms with Crippen LogP contribution in [0.3, 0.4) is 0 Å². The number of piperazine rings is 1. The molecule has 30 heavy (non-hydrogen) atoms.